The second-order valence-electron chi connectivity index (χ2n) is 5.98. The van der Waals surface area contributed by atoms with Gasteiger partial charge in [0.25, 0.3) is 0 Å². The Morgan fingerprint density at radius 2 is 1.57 bits per heavy atom. The highest BCUT2D eigenvalue weighted by molar-refractivity contribution is 8.03. The molecule has 2 rings (SSSR count). The van der Waals surface area contributed by atoms with Crippen LogP contribution in [0.2, 0.25) is 0 Å². The predicted octanol–water partition coefficient (Wildman–Crippen LogP) is 1.89. The molecule has 1 aromatic carbocycles. The van der Waals surface area contributed by atoms with E-state index in [9.17, 15) is 14.4 Å². The van der Waals surface area contributed by atoms with E-state index < -0.39 is 5.91 Å². The standard InChI is InChI=1S/C17H21N5O3S3/c1-9-4-10(2)15(11(3)5-9)20-13(24)6-19-14(25)8-27-17-22-21-16(28-17)26-7-12(18)23/h4-5H,6-8H2,1-3H3,(H2,18,23)(H,19,25)(H,20,24). The lowest BCUT2D eigenvalue weighted by Gasteiger charge is -2.13. The molecule has 0 bridgehead atoms. The largest absolute Gasteiger partial charge is 0.369 e. The molecule has 0 saturated heterocycles. The van der Waals surface area contributed by atoms with E-state index >= 15 is 0 Å². The van der Waals surface area contributed by atoms with Crippen LogP contribution >= 0.6 is 34.9 Å². The van der Waals surface area contributed by atoms with Crippen LogP contribution in [0.1, 0.15) is 16.7 Å². The van der Waals surface area contributed by atoms with Crippen LogP contribution in [0.5, 0.6) is 0 Å². The van der Waals surface area contributed by atoms with E-state index in [-0.39, 0.29) is 29.9 Å². The predicted molar refractivity (Wildman–Crippen MR) is 113 cm³/mol. The van der Waals surface area contributed by atoms with Gasteiger partial charge < -0.3 is 16.4 Å². The van der Waals surface area contributed by atoms with Crippen LogP contribution in [0.4, 0.5) is 5.69 Å². The number of nitrogens with two attached hydrogens (primary N) is 1. The van der Waals surface area contributed by atoms with Crippen LogP contribution in [0.15, 0.2) is 20.8 Å². The van der Waals surface area contributed by atoms with Gasteiger partial charge in [-0.3, -0.25) is 14.4 Å². The number of hydrogen-bond donors (Lipinski definition) is 3. The number of carbonyl (C=O) groups excluding carboxylic acids is 3. The van der Waals surface area contributed by atoms with Crippen molar-refractivity contribution in [2.45, 2.75) is 29.5 Å². The molecule has 0 fully saturated rings. The summed E-state index contributed by atoms with van der Waals surface area (Å²) in [6, 6.07) is 3.99. The summed E-state index contributed by atoms with van der Waals surface area (Å²) in [4.78, 5) is 34.8. The summed E-state index contributed by atoms with van der Waals surface area (Å²) in [7, 11) is 0. The van der Waals surface area contributed by atoms with Crippen LogP contribution in [-0.2, 0) is 14.4 Å². The van der Waals surface area contributed by atoms with Gasteiger partial charge >= 0.3 is 0 Å². The number of thioether (sulfide) groups is 2. The van der Waals surface area contributed by atoms with Gasteiger partial charge in [-0.2, -0.15) is 0 Å². The molecule has 28 heavy (non-hydrogen) atoms. The number of primary amides is 1. The van der Waals surface area contributed by atoms with Crippen molar-refractivity contribution in [2.24, 2.45) is 5.73 Å². The molecule has 3 amide bonds. The first-order valence-corrected chi connectivity index (χ1v) is 11.0. The molecule has 0 spiro atoms. The van der Waals surface area contributed by atoms with Crippen molar-refractivity contribution in [1.82, 2.24) is 15.5 Å². The minimum Gasteiger partial charge on any atom is -0.369 e. The molecule has 0 aliphatic heterocycles. The van der Waals surface area contributed by atoms with E-state index in [4.69, 9.17) is 5.73 Å². The zero-order valence-electron chi connectivity index (χ0n) is 15.7. The fraction of sp³-hybridized carbons (Fsp3) is 0.353. The zero-order valence-corrected chi connectivity index (χ0v) is 18.1. The van der Waals surface area contributed by atoms with Crippen LogP contribution in [0, 0.1) is 20.8 Å². The molecular weight excluding hydrogens is 418 g/mol. The Bertz CT molecular complexity index is 862. The van der Waals surface area contributed by atoms with Gasteiger partial charge in [0.15, 0.2) is 8.68 Å². The molecule has 0 unspecified atom stereocenters. The average Bonchev–Trinajstić information content (AvgIpc) is 3.07. The third-order valence-corrected chi connectivity index (χ3v) is 6.65. The molecular formula is C17H21N5O3S3. The molecule has 150 valence electrons. The summed E-state index contributed by atoms with van der Waals surface area (Å²) >= 11 is 3.71. The first kappa shape index (κ1) is 22.2. The smallest absolute Gasteiger partial charge is 0.243 e. The quantitative estimate of drug-likeness (QED) is 0.509. The Kier molecular flexibility index (Phi) is 8.27. The molecule has 0 aliphatic rings. The normalized spacial score (nSPS) is 10.5. The first-order valence-electron chi connectivity index (χ1n) is 8.26. The number of aromatic nitrogens is 2. The molecule has 0 saturated carbocycles. The molecule has 4 N–H and O–H groups in total. The fourth-order valence-corrected chi connectivity index (χ4v) is 4.95. The monoisotopic (exact) mass is 439 g/mol. The number of anilines is 1. The topological polar surface area (TPSA) is 127 Å². The Labute approximate surface area is 175 Å². The summed E-state index contributed by atoms with van der Waals surface area (Å²) in [5.41, 5.74) is 8.94. The lowest BCUT2D eigenvalue weighted by atomic mass is 10.1. The van der Waals surface area contributed by atoms with Gasteiger partial charge in [0, 0.05) is 5.69 Å². The molecule has 1 heterocycles. The van der Waals surface area contributed by atoms with E-state index in [0.717, 1.165) is 22.4 Å². The molecule has 0 atom stereocenters. The van der Waals surface area contributed by atoms with Crippen LogP contribution < -0.4 is 16.4 Å². The molecule has 1 aromatic heterocycles. The van der Waals surface area contributed by atoms with Crippen LogP contribution in [0.25, 0.3) is 0 Å². The summed E-state index contributed by atoms with van der Waals surface area (Å²) in [6.07, 6.45) is 0. The van der Waals surface area contributed by atoms with Crippen molar-refractivity contribution < 1.29 is 14.4 Å². The lowest BCUT2D eigenvalue weighted by Crippen LogP contribution is -2.34. The second kappa shape index (κ2) is 10.4. The number of benzene rings is 1. The van der Waals surface area contributed by atoms with Gasteiger partial charge in [-0.05, 0) is 31.9 Å². The zero-order chi connectivity index (χ0) is 20.7. The molecule has 0 radical (unpaired) electrons. The van der Waals surface area contributed by atoms with Gasteiger partial charge in [0.1, 0.15) is 0 Å². The van der Waals surface area contributed by atoms with Gasteiger partial charge in [0.2, 0.25) is 17.7 Å². The van der Waals surface area contributed by atoms with Crippen molar-refractivity contribution in [1.29, 1.82) is 0 Å². The second-order valence-corrected chi connectivity index (χ2v) is 9.40. The SMILES string of the molecule is Cc1cc(C)c(NC(=O)CNC(=O)CSc2nnc(SCC(N)=O)s2)c(C)c1. The number of nitrogens with zero attached hydrogens (tertiary/aromatic N) is 2. The van der Waals surface area contributed by atoms with Crippen molar-refractivity contribution in [2.75, 3.05) is 23.4 Å². The summed E-state index contributed by atoms with van der Waals surface area (Å²) < 4.78 is 1.22. The highest BCUT2D eigenvalue weighted by Gasteiger charge is 2.12. The molecule has 8 nitrogen and oxygen atoms in total. The minimum atomic E-state index is -0.428. The van der Waals surface area contributed by atoms with Crippen LogP contribution in [0.3, 0.4) is 0 Å². The van der Waals surface area contributed by atoms with E-state index in [1.54, 1.807) is 0 Å². The van der Waals surface area contributed by atoms with Crippen molar-refractivity contribution >= 4 is 58.3 Å². The van der Waals surface area contributed by atoms with Crippen molar-refractivity contribution in [3.63, 3.8) is 0 Å². The third kappa shape index (κ3) is 7.13. The van der Waals surface area contributed by atoms with E-state index in [1.807, 2.05) is 32.9 Å². The van der Waals surface area contributed by atoms with Crippen LogP contribution in [-0.4, -0.2) is 46.0 Å². The lowest BCUT2D eigenvalue weighted by molar-refractivity contribution is -0.122. The molecule has 2 aromatic rings. The first-order chi connectivity index (χ1) is 13.2. The van der Waals surface area contributed by atoms with Gasteiger partial charge in [-0.25, -0.2) is 0 Å². The number of amides is 3. The van der Waals surface area contributed by atoms with Gasteiger partial charge in [0.05, 0.1) is 18.1 Å². The fourth-order valence-electron chi connectivity index (χ4n) is 2.36. The minimum absolute atomic E-state index is 0.109. The number of hydrogen-bond acceptors (Lipinski definition) is 8. The van der Waals surface area contributed by atoms with Gasteiger partial charge in [-0.15, -0.1) is 10.2 Å². The number of rotatable bonds is 9. The van der Waals surface area contributed by atoms with E-state index in [0.29, 0.717) is 8.68 Å². The van der Waals surface area contributed by atoms with E-state index in [2.05, 4.69) is 20.8 Å². The highest BCUT2D eigenvalue weighted by atomic mass is 32.2. The van der Waals surface area contributed by atoms with Gasteiger partial charge in [-0.1, -0.05) is 52.6 Å². The van der Waals surface area contributed by atoms with E-state index in [1.165, 1.54) is 34.9 Å². The number of carbonyl (C=O) groups is 3. The number of nitrogens with one attached hydrogen (secondary N) is 2. The Balaban J connectivity index is 1.75. The summed E-state index contributed by atoms with van der Waals surface area (Å²) in [6.45, 7) is 5.76. The highest BCUT2D eigenvalue weighted by Crippen LogP contribution is 2.28. The Morgan fingerprint density at radius 3 is 2.14 bits per heavy atom. The average molecular weight is 440 g/mol. The summed E-state index contributed by atoms with van der Waals surface area (Å²) in [5.74, 6) is -0.739. The molecule has 0 aliphatic carbocycles. The number of aryl methyl sites for hydroxylation is 3. The maximum absolute atomic E-state index is 12.1. The maximum atomic E-state index is 12.1. The molecule has 11 heteroatoms. The maximum Gasteiger partial charge on any atom is 0.243 e. The Morgan fingerprint density at radius 1 is 1.00 bits per heavy atom. The summed E-state index contributed by atoms with van der Waals surface area (Å²) in [5, 5.41) is 13.3. The Hall–Kier alpha value is -2.11. The van der Waals surface area contributed by atoms with Crippen molar-refractivity contribution in [3.05, 3.63) is 28.8 Å². The van der Waals surface area contributed by atoms with Crippen molar-refractivity contribution in [3.8, 4) is 0 Å². The third-order valence-electron chi connectivity index (χ3n) is 3.44.